The Balaban J connectivity index is 1.62. The van der Waals surface area contributed by atoms with Gasteiger partial charge in [0.15, 0.2) is 16.9 Å². The van der Waals surface area contributed by atoms with Crippen LogP contribution in [0.1, 0.15) is 53.6 Å². The highest BCUT2D eigenvalue weighted by Crippen LogP contribution is 2.42. The standard InChI is InChI=1S/C31H30BrNO6/c1-18(2)13-14-38-25-11-7-20(15-26(25)37-4)28-27-29(34)23-16-21(32)8-12-24(23)39-30(27)31(35)33(28)17-19-5-9-22(36-3)10-6-19/h5-12,15-16,18,28H,13-14,17H2,1-4H3. The van der Waals surface area contributed by atoms with Gasteiger partial charge in [0, 0.05) is 11.0 Å². The van der Waals surface area contributed by atoms with Crippen LogP contribution in [0.2, 0.25) is 0 Å². The predicted octanol–water partition coefficient (Wildman–Crippen LogP) is 6.74. The van der Waals surface area contributed by atoms with Crippen molar-refractivity contribution >= 4 is 32.8 Å². The average Bonchev–Trinajstić information content (AvgIpc) is 3.20. The van der Waals surface area contributed by atoms with Gasteiger partial charge in [-0.05, 0) is 65.9 Å². The van der Waals surface area contributed by atoms with E-state index >= 15 is 0 Å². The van der Waals surface area contributed by atoms with Crippen molar-refractivity contribution in [3.05, 3.63) is 97.8 Å². The molecule has 1 aliphatic rings. The number of benzene rings is 3. The summed E-state index contributed by atoms with van der Waals surface area (Å²) in [6.07, 6.45) is 0.911. The van der Waals surface area contributed by atoms with Gasteiger partial charge in [0.1, 0.15) is 11.3 Å². The highest BCUT2D eigenvalue weighted by Gasteiger charge is 2.43. The summed E-state index contributed by atoms with van der Waals surface area (Å²) in [4.78, 5) is 29.3. The van der Waals surface area contributed by atoms with Gasteiger partial charge in [0.25, 0.3) is 5.91 Å². The fourth-order valence-corrected chi connectivity index (χ4v) is 5.17. The van der Waals surface area contributed by atoms with Crippen molar-refractivity contribution in [3.8, 4) is 17.2 Å². The van der Waals surface area contributed by atoms with Gasteiger partial charge in [-0.1, -0.05) is 48.0 Å². The maximum absolute atomic E-state index is 13.9. The zero-order valence-electron chi connectivity index (χ0n) is 22.3. The molecule has 7 nitrogen and oxygen atoms in total. The Hall–Kier alpha value is -3.78. The van der Waals surface area contributed by atoms with Gasteiger partial charge in [-0.25, -0.2) is 0 Å². The van der Waals surface area contributed by atoms with E-state index in [-0.39, 0.29) is 23.6 Å². The van der Waals surface area contributed by atoms with Crippen LogP contribution in [0.25, 0.3) is 11.0 Å². The summed E-state index contributed by atoms with van der Waals surface area (Å²) in [6, 6.07) is 17.6. The fourth-order valence-electron chi connectivity index (χ4n) is 4.81. The Bertz CT molecular complexity index is 1580. The first kappa shape index (κ1) is 26.8. The van der Waals surface area contributed by atoms with Crippen molar-refractivity contribution in [1.82, 2.24) is 4.90 Å². The normalized spacial score (nSPS) is 14.7. The van der Waals surface area contributed by atoms with Gasteiger partial charge >= 0.3 is 0 Å². The van der Waals surface area contributed by atoms with Crippen molar-refractivity contribution in [1.29, 1.82) is 0 Å². The summed E-state index contributed by atoms with van der Waals surface area (Å²) < 4.78 is 23.8. The van der Waals surface area contributed by atoms with Crippen LogP contribution in [-0.4, -0.2) is 31.6 Å². The van der Waals surface area contributed by atoms with E-state index in [9.17, 15) is 9.59 Å². The van der Waals surface area contributed by atoms with Crippen LogP contribution in [0.3, 0.4) is 0 Å². The number of rotatable bonds is 9. The lowest BCUT2D eigenvalue weighted by molar-refractivity contribution is 0.0714. The molecule has 0 saturated carbocycles. The maximum Gasteiger partial charge on any atom is 0.291 e. The Morgan fingerprint density at radius 2 is 1.72 bits per heavy atom. The third-order valence-electron chi connectivity index (χ3n) is 6.90. The number of amides is 1. The first-order chi connectivity index (χ1) is 18.8. The number of hydrogen-bond donors (Lipinski definition) is 0. The minimum Gasteiger partial charge on any atom is -0.497 e. The predicted molar refractivity (Wildman–Crippen MR) is 153 cm³/mol. The molecule has 5 rings (SSSR count). The lowest BCUT2D eigenvalue weighted by Gasteiger charge is -2.26. The molecule has 0 aliphatic carbocycles. The van der Waals surface area contributed by atoms with Crippen LogP contribution >= 0.6 is 15.9 Å². The first-order valence-corrected chi connectivity index (χ1v) is 13.6. The highest BCUT2D eigenvalue weighted by atomic mass is 79.9. The summed E-state index contributed by atoms with van der Waals surface area (Å²) in [5.41, 5.74) is 2.06. The fraction of sp³-hybridized carbons (Fsp3) is 0.290. The van der Waals surface area contributed by atoms with Crippen LogP contribution in [0.5, 0.6) is 17.2 Å². The van der Waals surface area contributed by atoms with Crippen LogP contribution < -0.4 is 19.6 Å². The molecule has 0 bridgehead atoms. The number of halogens is 1. The third-order valence-corrected chi connectivity index (χ3v) is 7.39. The van der Waals surface area contributed by atoms with Crippen molar-refractivity contribution in [3.63, 3.8) is 0 Å². The van der Waals surface area contributed by atoms with Crippen molar-refractivity contribution in [2.45, 2.75) is 32.9 Å². The van der Waals surface area contributed by atoms with E-state index in [1.165, 1.54) is 0 Å². The van der Waals surface area contributed by atoms with Crippen LogP contribution in [-0.2, 0) is 6.54 Å². The molecule has 4 aromatic rings. The quantitative estimate of drug-likeness (QED) is 0.214. The Labute approximate surface area is 235 Å². The molecule has 1 unspecified atom stereocenters. The molecule has 0 saturated heterocycles. The van der Waals surface area contributed by atoms with E-state index in [0.717, 1.165) is 27.8 Å². The molecule has 1 aliphatic heterocycles. The zero-order valence-corrected chi connectivity index (χ0v) is 23.9. The molecule has 1 aromatic heterocycles. The molecular formula is C31H30BrNO6. The number of fused-ring (bicyclic) bond motifs is 2. The van der Waals surface area contributed by atoms with Gasteiger partial charge in [0.05, 0.1) is 37.8 Å². The maximum atomic E-state index is 13.9. The molecule has 3 aromatic carbocycles. The minimum absolute atomic E-state index is 0.0598. The van der Waals surface area contributed by atoms with Gasteiger partial charge < -0.3 is 23.5 Å². The molecule has 8 heteroatoms. The molecule has 1 amide bonds. The van der Waals surface area contributed by atoms with E-state index < -0.39 is 6.04 Å². The Morgan fingerprint density at radius 3 is 2.41 bits per heavy atom. The van der Waals surface area contributed by atoms with E-state index in [1.54, 1.807) is 37.3 Å². The molecular weight excluding hydrogens is 562 g/mol. The highest BCUT2D eigenvalue weighted by molar-refractivity contribution is 9.10. The van der Waals surface area contributed by atoms with Crippen molar-refractivity contribution in [2.75, 3.05) is 20.8 Å². The number of nitrogens with zero attached hydrogens (tertiary/aromatic N) is 1. The van der Waals surface area contributed by atoms with Crippen LogP contribution in [0.4, 0.5) is 0 Å². The second-order valence-electron chi connectivity index (χ2n) is 9.94. The molecule has 0 N–H and O–H groups in total. The summed E-state index contributed by atoms with van der Waals surface area (Å²) in [5, 5.41) is 0.410. The summed E-state index contributed by atoms with van der Waals surface area (Å²) in [7, 11) is 3.19. The van der Waals surface area contributed by atoms with Gasteiger partial charge in [-0.2, -0.15) is 0 Å². The van der Waals surface area contributed by atoms with Crippen molar-refractivity contribution < 1.29 is 23.4 Å². The second kappa shape index (κ2) is 11.1. The first-order valence-electron chi connectivity index (χ1n) is 12.8. The van der Waals surface area contributed by atoms with Crippen LogP contribution in [0.15, 0.2) is 74.3 Å². The van der Waals surface area contributed by atoms with Crippen LogP contribution in [0, 0.1) is 5.92 Å². The van der Waals surface area contributed by atoms with E-state index in [2.05, 4.69) is 29.8 Å². The number of carbonyl (C=O) groups excluding carboxylic acids is 1. The molecule has 202 valence electrons. The van der Waals surface area contributed by atoms with E-state index in [0.29, 0.717) is 40.6 Å². The number of hydrogen-bond acceptors (Lipinski definition) is 6. The molecule has 1 atom stereocenters. The topological polar surface area (TPSA) is 78.2 Å². The van der Waals surface area contributed by atoms with E-state index in [1.807, 2.05) is 42.5 Å². The summed E-state index contributed by atoms with van der Waals surface area (Å²) in [5.74, 6) is 2.10. The molecule has 39 heavy (non-hydrogen) atoms. The molecule has 0 fully saturated rings. The SMILES string of the molecule is COc1ccc(CN2C(=O)c3oc4ccc(Br)cc4c(=O)c3C2c2ccc(OCCC(C)C)c(OC)c2)cc1. The summed E-state index contributed by atoms with van der Waals surface area (Å²) >= 11 is 3.44. The number of ether oxygens (including phenoxy) is 3. The Kier molecular flexibility index (Phi) is 7.66. The largest absolute Gasteiger partial charge is 0.497 e. The third kappa shape index (κ3) is 5.26. The Morgan fingerprint density at radius 1 is 0.949 bits per heavy atom. The van der Waals surface area contributed by atoms with Gasteiger partial charge in [-0.15, -0.1) is 0 Å². The monoisotopic (exact) mass is 591 g/mol. The second-order valence-corrected chi connectivity index (χ2v) is 10.9. The molecule has 0 spiro atoms. The lowest BCUT2D eigenvalue weighted by Crippen LogP contribution is -2.29. The molecule has 0 radical (unpaired) electrons. The van der Waals surface area contributed by atoms with Gasteiger partial charge in [0.2, 0.25) is 5.76 Å². The lowest BCUT2D eigenvalue weighted by atomic mass is 9.97. The molecule has 2 heterocycles. The zero-order chi connectivity index (χ0) is 27.7. The number of methoxy groups -OCH3 is 2. The smallest absolute Gasteiger partial charge is 0.291 e. The van der Waals surface area contributed by atoms with Gasteiger partial charge in [-0.3, -0.25) is 9.59 Å². The average molecular weight is 592 g/mol. The van der Waals surface area contributed by atoms with Crippen molar-refractivity contribution in [2.24, 2.45) is 5.92 Å². The minimum atomic E-state index is -0.673. The summed E-state index contributed by atoms with van der Waals surface area (Å²) in [6.45, 7) is 5.12. The van der Waals surface area contributed by atoms with E-state index in [4.69, 9.17) is 18.6 Å². The number of carbonyl (C=O) groups is 1.